The molecule has 2 aromatic carbocycles. The highest BCUT2D eigenvalue weighted by Gasteiger charge is 2.39. The molecule has 0 unspecified atom stereocenters. The molecule has 238 valence electrons. The first kappa shape index (κ1) is 30.6. The fraction of sp³-hybridized carbons (Fsp3) is 0.455. The second kappa shape index (κ2) is 13.3. The number of hydrogen-bond donors (Lipinski definition) is 3. The van der Waals surface area contributed by atoms with Crippen molar-refractivity contribution in [2.75, 3.05) is 37.4 Å². The number of carbonyl (C=O) groups excluding carboxylic acids is 3. The van der Waals surface area contributed by atoms with Crippen molar-refractivity contribution >= 4 is 29.2 Å². The van der Waals surface area contributed by atoms with Gasteiger partial charge in [0.05, 0.1) is 24.1 Å². The third kappa shape index (κ3) is 7.12. The molecule has 4 atom stereocenters. The summed E-state index contributed by atoms with van der Waals surface area (Å²) in [4.78, 5) is 43.3. The minimum Gasteiger partial charge on any atom is -0.490 e. The number of likely N-dealkylation sites (tertiary alicyclic amines) is 1. The number of aryl methyl sites for hydroxylation is 2. The zero-order chi connectivity index (χ0) is 31.5. The van der Waals surface area contributed by atoms with E-state index in [-0.39, 0.29) is 49.1 Å². The van der Waals surface area contributed by atoms with Crippen molar-refractivity contribution in [3.63, 3.8) is 0 Å². The summed E-state index contributed by atoms with van der Waals surface area (Å²) in [6.07, 6.45) is 1.94. The van der Waals surface area contributed by atoms with Crippen LogP contribution in [0.4, 0.5) is 16.2 Å². The number of benzene rings is 2. The van der Waals surface area contributed by atoms with Gasteiger partial charge in [-0.05, 0) is 56.9 Å². The number of nitrogens with zero attached hydrogens (tertiary/aromatic N) is 3. The van der Waals surface area contributed by atoms with Crippen LogP contribution in [0.5, 0.6) is 5.75 Å². The van der Waals surface area contributed by atoms with Crippen LogP contribution in [0.15, 0.2) is 53.1 Å². The summed E-state index contributed by atoms with van der Waals surface area (Å²) in [5, 5.41) is 12.5. The number of urea groups is 1. The summed E-state index contributed by atoms with van der Waals surface area (Å²) in [5.74, 6) is 0.671. The minimum atomic E-state index is -0.481. The minimum absolute atomic E-state index is 0.00929. The van der Waals surface area contributed by atoms with E-state index in [2.05, 4.69) is 38.1 Å². The Morgan fingerprint density at radius 2 is 1.87 bits per heavy atom. The zero-order valence-electron chi connectivity index (χ0n) is 25.9. The number of hydrogen-bond acceptors (Lipinski definition) is 8. The Hall–Kier alpha value is -4.42. The van der Waals surface area contributed by atoms with Gasteiger partial charge in [-0.3, -0.25) is 14.5 Å². The molecule has 6 rings (SSSR count). The maximum Gasteiger partial charge on any atom is 0.323 e. The highest BCUT2D eigenvalue weighted by atomic mass is 16.5. The third-order valence-electron chi connectivity index (χ3n) is 8.84. The van der Waals surface area contributed by atoms with Crippen LogP contribution >= 0.6 is 0 Å². The van der Waals surface area contributed by atoms with Gasteiger partial charge in [-0.25, -0.2) is 4.79 Å². The first-order valence-corrected chi connectivity index (χ1v) is 15.5. The van der Waals surface area contributed by atoms with Crippen molar-refractivity contribution in [1.29, 1.82) is 0 Å². The molecule has 12 nitrogen and oxygen atoms in total. The van der Waals surface area contributed by atoms with Gasteiger partial charge in [0, 0.05) is 38.4 Å². The van der Waals surface area contributed by atoms with Crippen LogP contribution in [-0.2, 0) is 16.1 Å². The average molecular weight is 617 g/mol. The van der Waals surface area contributed by atoms with E-state index in [1.807, 2.05) is 18.2 Å². The van der Waals surface area contributed by atoms with Crippen LogP contribution in [0.2, 0.25) is 0 Å². The lowest BCUT2D eigenvalue weighted by atomic mass is 9.94. The summed E-state index contributed by atoms with van der Waals surface area (Å²) in [6, 6.07) is 14.8. The molecule has 3 N–H and O–H groups in total. The molecular formula is C33H40N6O6. The lowest BCUT2D eigenvalue weighted by Gasteiger charge is -2.42. The number of likely N-dealkylation sites (N-methyl/N-ethyl adjacent to an activating group) is 1. The van der Waals surface area contributed by atoms with Crippen molar-refractivity contribution in [2.45, 2.75) is 70.4 Å². The van der Waals surface area contributed by atoms with E-state index in [1.165, 1.54) is 5.56 Å². The van der Waals surface area contributed by atoms with Gasteiger partial charge < -0.3 is 34.8 Å². The van der Waals surface area contributed by atoms with Gasteiger partial charge in [-0.15, -0.1) is 0 Å². The van der Waals surface area contributed by atoms with E-state index in [9.17, 15) is 14.4 Å². The number of rotatable bonds is 7. The zero-order valence-corrected chi connectivity index (χ0v) is 25.9. The van der Waals surface area contributed by atoms with Crippen molar-refractivity contribution in [2.24, 2.45) is 0 Å². The molecule has 2 saturated heterocycles. The van der Waals surface area contributed by atoms with Crippen LogP contribution in [0.25, 0.3) is 0 Å². The van der Waals surface area contributed by atoms with Crippen LogP contribution < -0.4 is 20.7 Å². The summed E-state index contributed by atoms with van der Waals surface area (Å²) < 4.78 is 17.6. The molecule has 0 saturated carbocycles. The van der Waals surface area contributed by atoms with Crippen molar-refractivity contribution in [3.8, 4) is 5.75 Å². The molecule has 3 aliphatic heterocycles. The first-order valence-electron chi connectivity index (χ1n) is 15.5. The molecule has 2 fully saturated rings. The second-order valence-corrected chi connectivity index (χ2v) is 12.1. The van der Waals surface area contributed by atoms with Gasteiger partial charge >= 0.3 is 6.03 Å². The van der Waals surface area contributed by atoms with Crippen LogP contribution in [-0.4, -0.2) is 83.8 Å². The summed E-state index contributed by atoms with van der Waals surface area (Å²) >= 11 is 0. The van der Waals surface area contributed by atoms with Crippen LogP contribution in [0.1, 0.15) is 53.1 Å². The van der Waals surface area contributed by atoms with Crippen molar-refractivity contribution in [3.05, 3.63) is 71.1 Å². The molecule has 3 aromatic rings. The van der Waals surface area contributed by atoms with Gasteiger partial charge in [0.15, 0.2) is 5.76 Å². The van der Waals surface area contributed by atoms with Gasteiger partial charge in [-0.1, -0.05) is 35.5 Å². The average Bonchev–Trinajstić information content (AvgIpc) is 3.60. The number of ether oxygens (including phenoxy) is 2. The number of aromatic nitrogens is 1. The highest BCUT2D eigenvalue weighted by Crippen LogP contribution is 2.33. The molecule has 45 heavy (non-hydrogen) atoms. The van der Waals surface area contributed by atoms with Gasteiger partial charge in [0.2, 0.25) is 5.91 Å². The second-order valence-electron chi connectivity index (χ2n) is 12.1. The number of fused-ring (bicyclic) bond motifs is 2. The fourth-order valence-corrected chi connectivity index (χ4v) is 6.47. The molecule has 0 bridgehead atoms. The smallest absolute Gasteiger partial charge is 0.323 e. The summed E-state index contributed by atoms with van der Waals surface area (Å²) in [5.41, 5.74) is 3.14. The highest BCUT2D eigenvalue weighted by molar-refractivity contribution is 6.03. The topological polar surface area (TPSA) is 138 Å². The Morgan fingerprint density at radius 3 is 2.64 bits per heavy atom. The van der Waals surface area contributed by atoms with Crippen molar-refractivity contribution < 1.29 is 28.4 Å². The Labute approximate surface area is 262 Å². The molecule has 12 heteroatoms. The molecule has 4 amide bonds. The summed E-state index contributed by atoms with van der Waals surface area (Å²) in [7, 11) is 1.76. The monoisotopic (exact) mass is 616 g/mol. The quantitative estimate of drug-likeness (QED) is 0.361. The molecule has 1 aromatic heterocycles. The predicted molar refractivity (Wildman–Crippen MR) is 167 cm³/mol. The normalized spacial score (nSPS) is 23.3. The van der Waals surface area contributed by atoms with Gasteiger partial charge in [0.25, 0.3) is 5.91 Å². The molecule has 0 aliphatic carbocycles. The van der Waals surface area contributed by atoms with Crippen molar-refractivity contribution in [1.82, 2.24) is 20.3 Å². The fourth-order valence-electron chi connectivity index (χ4n) is 6.47. The van der Waals surface area contributed by atoms with Crippen LogP contribution in [0.3, 0.4) is 0 Å². The van der Waals surface area contributed by atoms with E-state index >= 15 is 0 Å². The lowest BCUT2D eigenvalue weighted by Crippen LogP contribution is -2.54. The standard InChI is InChI=1S/C33H40N6O6/c1-20-31(21(2)45-37-20)36-33(42)35-23-9-12-28-26(15-23)32(41)38(3)27-11-10-25(44-29(27)19-43-28)16-30(40)34-24-13-14-39(18-24)17-22-7-5-4-6-8-22/h4-9,12,15,24-25,27,29H,10-11,13-14,16-19H2,1-3H3,(H,34,40)(H2,35,36,42)/t24-,25-,27-,29+/m1/s1. The van der Waals surface area contributed by atoms with Crippen LogP contribution in [0, 0.1) is 13.8 Å². The first-order chi connectivity index (χ1) is 21.7. The largest absolute Gasteiger partial charge is 0.490 e. The maximum atomic E-state index is 13.6. The van der Waals surface area contributed by atoms with Gasteiger partial charge in [0.1, 0.15) is 29.8 Å². The van der Waals surface area contributed by atoms with E-state index in [1.54, 1.807) is 44.0 Å². The van der Waals surface area contributed by atoms with E-state index in [4.69, 9.17) is 14.0 Å². The van der Waals surface area contributed by atoms with E-state index < -0.39 is 6.03 Å². The number of amides is 4. The number of anilines is 2. The Morgan fingerprint density at radius 1 is 1.04 bits per heavy atom. The summed E-state index contributed by atoms with van der Waals surface area (Å²) in [6.45, 7) is 6.36. The molecule has 0 spiro atoms. The van der Waals surface area contributed by atoms with E-state index in [0.29, 0.717) is 47.0 Å². The molecule has 3 aliphatic rings. The Balaban J connectivity index is 1.02. The van der Waals surface area contributed by atoms with Gasteiger partial charge in [-0.2, -0.15) is 0 Å². The molecule has 4 heterocycles. The molecular weight excluding hydrogens is 576 g/mol. The Kier molecular flexibility index (Phi) is 9.04. The lowest BCUT2D eigenvalue weighted by molar-refractivity contribution is -0.134. The Bertz CT molecular complexity index is 1520. The molecule has 0 radical (unpaired) electrons. The van der Waals surface area contributed by atoms with E-state index in [0.717, 1.165) is 26.1 Å². The third-order valence-corrected chi connectivity index (χ3v) is 8.84. The number of nitrogens with one attached hydrogen (secondary N) is 3. The number of carbonyl (C=O) groups is 3. The SMILES string of the molecule is Cc1noc(C)c1NC(=O)Nc1ccc2c(c1)C(=O)N(C)[C@@H]1CC[C@H](CC(=O)N[C@@H]3CCN(Cc4ccccc4)C3)O[C@H]1CO2. The maximum absolute atomic E-state index is 13.6. The predicted octanol–water partition coefficient (Wildman–Crippen LogP) is 4.10.